The largest absolute Gasteiger partial charge is 0.492 e. The molecule has 2 fully saturated rings. The zero-order valence-electron chi connectivity index (χ0n) is 15.5. The molecule has 0 bridgehead atoms. The lowest BCUT2D eigenvalue weighted by atomic mass is 9.81. The zero-order valence-corrected chi connectivity index (χ0v) is 15.5. The number of hydrogen-bond donors (Lipinski definition) is 0. The predicted octanol–water partition coefficient (Wildman–Crippen LogP) is 2.47. The van der Waals surface area contributed by atoms with E-state index in [0.29, 0.717) is 26.3 Å². The van der Waals surface area contributed by atoms with Gasteiger partial charge in [0.15, 0.2) is 6.61 Å². The van der Waals surface area contributed by atoms with Gasteiger partial charge in [0.1, 0.15) is 17.1 Å². The van der Waals surface area contributed by atoms with Gasteiger partial charge in [0.05, 0.1) is 25.9 Å². The normalized spacial score (nSPS) is 20.3. The standard InChI is InChI=1S/C21H24N2O4/c1-16-5-2-3-7-19(16)26-13-20(24)23-14-21(15-23)17(8-10-27-21)12-25-18-6-4-9-22-11-18/h2-7,9,11,17H,8,10,12-15H2,1H3/t17-/m1/s1. The number of ether oxygens (including phenoxy) is 3. The molecule has 1 aromatic carbocycles. The van der Waals surface area contributed by atoms with Crippen molar-refractivity contribution in [3.05, 3.63) is 54.4 Å². The van der Waals surface area contributed by atoms with Crippen LogP contribution < -0.4 is 9.47 Å². The van der Waals surface area contributed by atoms with Crippen LogP contribution in [-0.4, -0.2) is 54.3 Å². The van der Waals surface area contributed by atoms with Crippen LogP contribution in [0.5, 0.6) is 11.5 Å². The number of benzene rings is 1. The molecule has 0 radical (unpaired) electrons. The van der Waals surface area contributed by atoms with Crippen molar-refractivity contribution in [1.82, 2.24) is 9.88 Å². The van der Waals surface area contributed by atoms with Gasteiger partial charge in [-0.1, -0.05) is 18.2 Å². The fourth-order valence-corrected chi connectivity index (χ4v) is 3.72. The molecule has 2 aliphatic heterocycles. The summed E-state index contributed by atoms with van der Waals surface area (Å²) in [5, 5.41) is 0. The van der Waals surface area contributed by atoms with Crippen LogP contribution in [0.1, 0.15) is 12.0 Å². The summed E-state index contributed by atoms with van der Waals surface area (Å²) in [4.78, 5) is 18.3. The van der Waals surface area contributed by atoms with Crippen molar-refractivity contribution in [3.63, 3.8) is 0 Å². The first-order chi connectivity index (χ1) is 13.2. The Balaban J connectivity index is 1.28. The molecule has 3 heterocycles. The molecule has 2 saturated heterocycles. The highest BCUT2D eigenvalue weighted by Gasteiger charge is 2.54. The molecule has 1 spiro atoms. The summed E-state index contributed by atoms with van der Waals surface area (Å²) in [7, 11) is 0. The smallest absolute Gasteiger partial charge is 0.260 e. The van der Waals surface area contributed by atoms with E-state index in [1.165, 1.54) is 0 Å². The van der Waals surface area contributed by atoms with Gasteiger partial charge in [-0.2, -0.15) is 0 Å². The molecule has 27 heavy (non-hydrogen) atoms. The maximum atomic E-state index is 12.4. The van der Waals surface area contributed by atoms with Crippen molar-refractivity contribution in [1.29, 1.82) is 0 Å². The Kier molecular flexibility index (Phi) is 4.99. The highest BCUT2D eigenvalue weighted by atomic mass is 16.5. The van der Waals surface area contributed by atoms with Gasteiger partial charge < -0.3 is 19.1 Å². The number of pyridine rings is 1. The first kappa shape index (κ1) is 17.8. The van der Waals surface area contributed by atoms with Gasteiger partial charge in [-0.25, -0.2) is 0 Å². The third-order valence-electron chi connectivity index (χ3n) is 5.40. The summed E-state index contributed by atoms with van der Waals surface area (Å²) < 4.78 is 17.5. The first-order valence-electron chi connectivity index (χ1n) is 9.29. The quantitative estimate of drug-likeness (QED) is 0.784. The Bertz CT molecular complexity index is 790. The van der Waals surface area contributed by atoms with Crippen LogP contribution >= 0.6 is 0 Å². The van der Waals surface area contributed by atoms with Crippen molar-refractivity contribution < 1.29 is 19.0 Å². The highest BCUT2D eigenvalue weighted by molar-refractivity contribution is 5.79. The van der Waals surface area contributed by atoms with Gasteiger partial charge in [0.25, 0.3) is 5.91 Å². The molecule has 142 valence electrons. The van der Waals surface area contributed by atoms with E-state index >= 15 is 0 Å². The molecule has 0 saturated carbocycles. The van der Waals surface area contributed by atoms with E-state index in [1.54, 1.807) is 17.3 Å². The van der Waals surface area contributed by atoms with E-state index in [0.717, 1.165) is 23.5 Å². The molecule has 2 aliphatic rings. The van der Waals surface area contributed by atoms with Gasteiger partial charge in [-0.05, 0) is 37.1 Å². The van der Waals surface area contributed by atoms with Gasteiger partial charge >= 0.3 is 0 Å². The Labute approximate surface area is 159 Å². The van der Waals surface area contributed by atoms with Gasteiger partial charge in [-0.15, -0.1) is 0 Å². The average molecular weight is 368 g/mol. The van der Waals surface area contributed by atoms with Crippen LogP contribution in [0.15, 0.2) is 48.8 Å². The van der Waals surface area contributed by atoms with E-state index in [9.17, 15) is 4.79 Å². The summed E-state index contributed by atoms with van der Waals surface area (Å²) >= 11 is 0. The van der Waals surface area contributed by atoms with Crippen molar-refractivity contribution >= 4 is 5.91 Å². The van der Waals surface area contributed by atoms with Gasteiger partial charge in [0, 0.05) is 18.7 Å². The number of likely N-dealkylation sites (tertiary alicyclic amines) is 1. The maximum absolute atomic E-state index is 12.4. The predicted molar refractivity (Wildman–Crippen MR) is 99.8 cm³/mol. The van der Waals surface area contributed by atoms with Crippen LogP contribution in [0.3, 0.4) is 0 Å². The average Bonchev–Trinajstić information content (AvgIpc) is 3.09. The number of carbonyl (C=O) groups is 1. The van der Waals surface area contributed by atoms with Crippen molar-refractivity contribution in [2.75, 3.05) is 32.9 Å². The maximum Gasteiger partial charge on any atom is 0.260 e. The molecule has 6 heteroatoms. The second-order valence-electron chi connectivity index (χ2n) is 7.20. The Hall–Kier alpha value is -2.60. The Morgan fingerprint density at radius 2 is 2.11 bits per heavy atom. The number of aromatic nitrogens is 1. The van der Waals surface area contributed by atoms with Crippen molar-refractivity contribution in [2.45, 2.75) is 18.9 Å². The molecule has 0 N–H and O–H groups in total. The molecule has 6 nitrogen and oxygen atoms in total. The molecule has 0 aliphatic carbocycles. The monoisotopic (exact) mass is 368 g/mol. The Morgan fingerprint density at radius 3 is 2.89 bits per heavy atom. The summed E-state index contributed by atoms with van der Waals surface area (Å²) in [6.45, 7) is 4.51. The summed E-state index contributed by atoms with van der Waals surface area (Å²) in [6, 6.07) is 11.5. The van der Waals surface area contributed by atoms with E-state index in [1.807, 2.05) is 43.3 Å². The highest BCUT2D eigenvalue weighted by Crippen LogP contribution is 2.40. The number of carbonyl (C=O) groups excluding carboxylic acids is 1. The SMILES string of the molecule is Cc1ccccc1OCC(=O)N1CC2(C1)OCC[C@@H]2COc1cccnc1. The number of nitrogens with zero attached hydrogens (tertiary/aromatic N) is 2. The van der Waals surface area contributed by atoms with Crippen LogP contribution in [0.4, 0.5) is 0 Å². The van der Waals surface area contributed by atoms with Crippen molar-refractivity contribution in [3.8, 4) is 11.5 Å². The lowest BCUT2D eigenvalue weighted by molar-refractivity contribution is -0.168. The fraction of sp³-hybridized carbons (Fsp3) is 0.429. The zero-order chi connectivity index (χ0) is 18.7. The fourth-order valence-electron chi connectivity index (χ4n) is 3.72. The lowest BCUT2D eigenvalue weighted by Crippen LogP contribution is -2.67. The molecule has 1 amide bonds. The van der Waals surface area contributed by atoms with Crippen LogP contribution in [0.25, 0.3) is 0 Å². The molecular formula is C21H24N2O4. The second kappa shape index (κ2) is 7.56. The number of hydrogen-bond acceptors (Lipinski definition) is 5. The molecule has 4 rings (SSSR count). The first-order valence-corrected chi connectivity index (χ1v) is 9.29. The lowest BCUT2D eigenvalue weighted by Gasteiger charge is -2.49. The minimum absolute atomic E-state index is 0.00805. The second-order valence-corrected chi connectivity index (χ2v) is 7.20. The number of rotatable bonds is 6. The molecule has 1 atom stereocenters. The third-order valence-corrected chi connectivity index (χ3v) is 5.40. The van der Waals surface area contributed by atoms with E-state index in [4.69, 9.17) is 14.2 Å². The molecule has 2 aromatic rings. The summed E-state index contributed by atoms with van der Waals surface area (Å²) in [5.74, 6) is 1.78. The minimum Gasteiger partial charge on any atom is -0.492 e. The van der Waals surface area contributed by atoms with Gasteiger partial charge in [-0.3, -0.25) is 9.78 Å². The van der Waals surface area contributed by atoms with Crippen LogP contribution in [0, 0.1) is 12.8 Å². The summed E-state index contributed by atoms with van der Waals surface area (Å²) in [5.41, 5.74) is 0.748. The summed E-state index contributed by atoms with van der Waals surface area (Å²) in [6.07, 6.45) is 4.38. The van der Waals surface area contributed by atoms with E-state index < -0.39 is 0 Å². The molecular weight excluding hydrogens is 344 g/mol. The van der Waals surface area contributed by atoms with Crippen LogP contribution in [0.2, 0.25) is 0 Å². The topological polar surface area (TPSA) is 60.9 Å². The van der Waals surface area contributed by atoms with Gasteiger partial charge in [0.2, 0.25) is 0 Å². The van der Waals surface area contributed by atoms with E-state index in [2.05, 4.69) is 4.98 Å². The number of para-hydroxylation sites is 1. The molecule has 1 aromatic heterocycles. The van der Waals surface area contributed by atoms with Crippen LogP contribution in [-0.2, 0) is 9.53 Å². The number of aryl methyl sites for hydroxylation is 1. The van der Waals surface area contributed by atoms with E-state index in [-0.39, 0.29) is 24.0 Å². The Morgan fingerprint density at radius 1 is 1.26 bits per heavy atom. The van der Waals surface area contributed by atoms with Crippen molar-refractivity contribution in [2.24, 2.45) is 5.92 Å². The third kappa shape index (κ3) is 3.76. The molecule has 0 unspecified atom stereocenters. The number of amides is 1. The minimum atomic E-state index is -0.277.